The van der Waals surface area contributed by atoms with Crippen LogP contribution < -0.4 is 11.1 Å². The SMILES string of the molecule is CC(C)[C@H](NC(=O)OC(C)(C)C)C(=O)O[C@H]1[C@@H](OCO[Si](C(C)C)(C(C)C)C(C)C)[C@H](c2c[nH]c3c(N)ncnc23)N(C(=O)OC(C)(C)C)[C@@H]1COC(c1ccccc1)(c1ccccc1)c1ccccc1. The van der Waals surface area contributed by atoms with Gasteiger partial charge in [-0.25, -0.2) is 24.4 Å². The maximum Gasteiger partial charge on any atom is 0.411 e. The molecule has 2 amide bonds. The maximum absolute atomic E-state index is 15.4. The second-order valence-corrected chi connectivity index (χ2v) is 27.2. The number of alkyl carbamates (subject to hydrolysis) is 1. The van der Waals surface area contributed by atoms with Crippen molar-refractivity contribution in [2.45, 2.75) is 161 Å². The molecule has 1 saturated heterocycles. The van der Waals surface area contributed by atoms with Gasteiger partial charge in [0, 0.05) is 11.8 Å². The van der Waals surface area contributed by atoms with E-state index in [1.807, 2.05) is 91.0 Å². The lowest BCUT2D eigenvalue weighted by Gasteiger charge is -2.42. The monoisotopic (exact) mass is 993 g/mol. The highest BCUT2D eigenvalue weighted by Gasteiger charge is 2.58. The van der Waals surface area contributed by atoms with Crippen molar-refractivity contribution in [3.05, 3.63) is 126 Å². The first kappa shape index (κ1) is 54.5. The zero-order valence-electron chi connectivity index (χ0n) is 44.0. The third-order valence-electron chi connectivity index (χ3n) is 13.2. The van der Waals surface area contributed by atoms with E-state index in [4.69, 9.17) is 33.8 Å². The number of nitrogens with one attached hydrogen (secondary N) is 2. The van der Waals surface area contributed by atoms with Crippen LogP contribution >= 0.6 is 0 Å². The molecule has 5 aromatic rings. The fraction of sp³-hybridized carbons (Fsp3) is 0.509. The van der Waals surface area contributed by atoms with E-state index in [1.165, 1.54) is 6.33 Å². The van der Waals surface area contributed by atoms with Crippen LogP contribution in [0.25, 0.3) is 11.0 Å². The Bertz CT molecular complexity index is 2430. The van der Waals surface area contributed by atoms with Crippen LogP contribution in [0.1, 0.15) is 125 Å². The van der Waals surface area contributed by atoms with Gasteiger partial charge in [0.2, 0.25) is 8.32 Å². The molecular weight excluding hydrogens is 917 g/mol. The van der Waals surface area contributed by atoms with Crippen molar-refractivity contribution in [1.29, 1.82) is 0 Å². The van der Waals surface area contributed by atoms with Gasteiger partial charge in [-0.15, -0.1) is 0 Å². The van der Waals surface area contributed by atoms with E-state index in [1.54, 1.807) is 66.5 Å². The van der Waals surface area contributed by atoms with Gasteiger partial charge in [0.25, 0.3) is 0 Å². The molecule has 1 aliphatic heterocycles. The average molecular weight is 993 g/mol. The Labute approximate surface area is 421 Å². The zero-order chi connectivity index (χ0) is 52.1. The number of aromatic nitrogens is 3. The molecule has 1 fully saturated rings. The molecule has 3 aromatic carbocycles. The molecule has 0 bridgehead atoms. The molecule has 16 heteroatoms. The number of nitrogens with zero attached hydrogens (tertiary/aromatic N) is 3. The molecule has 15 nitrogen and oxygen atoms in total. The summed E-state index contributed by atoms with van der Waals surface area (Å²) in [6.07, 6.45) is -0.884. The van der Waals surface area contributed by atoms with Crippen molar-refractivity contribution in [2.24, 2.45) is 5.92 Å². The molecular formula is C55H76N6O9Si. The highest BCUT2D eigenvalue weighted by Crippen LogP contribution is 2.48. The van der Waals surface area contributed by atoms with Crippen molar-refractivity contribution in [3.63, 3.8) is 0 Å². The number of rotatable bonds is 18. The average Bonchev–Trinajstić information content (AvgIpc) is 3.86. The van der Waals surface area contributed by atoms with Crippen LogP contribution in [0, 0.1) is 5.92 Å². The second-order valence-electron chi connectivity index (χ2n) is 21.7. The number of amides is 2. The number of carbonyl (C=O) groups excluding carboxylic acids is 3. The van der Waals surface area contributed by atoms with E-state index in [-0.39, 0.29) is 35.8 Å². The number of ether oxygens (including phenoxy) is 5. The number of nitrogen functional groups attached to an aromatic ring is 1. The normalized spacial score (nSPS) is 18.4. The minimum Gasteiger partial charge on any atom is -0.456 e. The predicted molar refractivity (Wildman–Crippen MR) is 278 cm³/mol. The number of nitrogens with two attached hydrogens (primary N) is 1. The number of carbonyl (C=O) groups is 3. The van der Waals surface area contributed by atoms with Crippen LogP contribution in [-0.2, 0) is 38.5 Å². The van der Waals surface area contributed by atoms with Crippen molar-refractivity contribution in [3.8, 4) is 0 Å². The van der Waals surface area contributed by atoms with Gasteiger partial charge in [0.05, 0.1) is 24.2 Å². The number of aromatic amines is 1. The second kappa shape index (κ2) is 22.3. The van der Waals surface area contributed by atoms with Crippen molar-refractivity contribution in [2.75, 3.05) is 19.1 Å². The lowest BCUT2D eigenvalue weighted by atomic mass is 9.80. The molecule has 384 valence electrons. The van der Waals surface area contributed by atoms with Crippen molar-refractivity contribution in [1.82, 2.24) is 25.2 Å². The highest BCUT2D eigenvalue weighted by atomic mass is 28.4. The van der Waals surface area contributed by atoms with Gasteiger partial charge < -0.3 is 44.1 Å². The summed E-state index contributed by atoms with van der Waals surface area (Å²) >= 11 is 0. The summed E-state index contributed by atoms with van der Waals surface area (Å²) in [5, 5.41) is 2.76. The Morgan fingerprint density at radius 1 is 0.732 bits per heavy atom. The van der Waals surface area contributed by atoms with Crippen LogP contribution in [-0.4, -0.2) is 95.2 Å². The molecule has 0 unspecified atom stereocenters. The third kappa shape index (κ3) is 11.9. The Morgan fingerprint density at radius 3 is 1.70 bits per heavy atom. The summed E-state index contributed by atoms with van der Waals surface area (Å²) in [5.74, 6) is -1.04. The summed E-state index contributed by atoms with van der Waals surface area (Å²) in [4.78, 5) is 57.6. The summed E-state index contributed by atoms with van der Waals surface area (Å²) in [6, 6.07) is 26.2. The highest BCUT2D eigenvalue weighted by molar-refractivity contribution is 6.77. The van der Waals surface area contributed by atoms with Gasteiger partial charge in [-0.2, -0.15) is 0 Å². The summed E-state index contributed by atoms with van der Waals surface area (Å²) < 4.78 is 40.4. The Balaban J connectivity index is 1.62. The molecule has 0 radical (unpaired) electrons. The number of likely N-dealkylation sites (tertiary alicyclic amines) is 1. The largest absolute Gasteiger partial charge is 0.456 e. The molecule has 0 spiro atoms. The minimum atomic E-state index is -2.57. The molecule has 1 aliphatic rings. The number of hydrogen-bond acceptors (Lipinski definition) is 12. The maximum atomic E-state index is 15.4. The van der Waals surface area contributed by atoms with Gasteiger partial charge >= 0.3 is 18.2 Å². The first-order chi connectivity index (χ1) is 33.4. The van der Waals surface area contributed by atoms with E-state index >= 15 is 9.59 Å². The molecule has 71 heavy (non-hydrogen) atoms. The molecule has 5 atom stereocenters. The Morgan fingerprint density at radius 2 is 1.24 bits per heavy atom. The summed E-state index contributed by atoms with van der Waals surface area (Å²) in [6.45, 7) is 26.9. The van der Waals surface area contributed by atoms with Gasteiger partial charge in [-0.1, -0.05) is 146 Å². The van der Waals surface area contributed by atoms with Crippen LogP contribution in [0.5, 0.6) is 0 Å². The molecule has 3 heterocycles. The molecule has 6 rings (SSSR count). The molecule has 2 aromatic heterocycles. The summed E-state index contributed by atoms with van der Waals surface area (Å²) in [7, 11) is -2.57. The lowest BCUT2D eigenvalue weighted by molar-refractivity contribution is -0.166. The van der Waals surface area contributed by atoms with E-state index in [9.17, 15) is 4.79 Å². The van der Waals surface area contributed by atoms with E-state index in [0.717, 1.165) is 16.7 Å². The van der Waals surface area contributed by atoms with Crippen LogP contribution in [0.3, 0.4) is 0 Å². The van der Waals surface area contributed by atoms with E-state index < -0.39 is 79.5 Å². The first-order valence-electron chi connectivity index (χ1n) is 24.8. The van der Waals surface area contributed by atoms with Gasteiger partial charge in [-0.3, -0.25) is 4.90 Å². The number of benzene rings is 3. The topological polar surface area (TPSA) is 189 Å². The van der Waals surface area contributed by atoms with Crippen LogP contribution in [0.4, 0.5) is 15.4 Å². The summed E-state index contributed by atoms with van der Waals surface area (Å²) in [5.41, 5.74) is 7.78. The molecule has 0 aliphatic carbocycles. The van der Waals surface area contributed by atoms with Crippen molar-refractivity contribution < 1.29 is 42.5 Å². The molecule has 4 N–H and O–H groups in total. The van der Waals surface area contributed by atoms with E-state index in [0.29, 0.717) is 16.6 Å². The van der Waals surface area contributed by atoms with E-state index in [2.05, 4.69) is 61.8 Å². The third-order valence-corrected chi connectivity index (χ3v) is 19.3. The standard InChI is InChI=1S/C55H76N6O9Si/c1-34(2)43(60-51(63)69-53(9,10)11)50(62)68-47-42(31-66-55(38-24-18-15-19-25-38,39-26-20-16-21-27-39)40-28-22-17-23-29-40)61(52(64)70-54(12,13)14)46(41-30-57-45-44(41)58-32-59-49(45)56)48(47)65-33-67-71(35(3)4,36(5)6)37(7)8/h15-30,32,34-37,42-43,46-48,57H,31,33H2,1-14H3,(H,60,63)(H2,56,58,59)/t42-,43+,46+,47-,48+/m1/s1. The predicted octanol–water partition coefficient (Wildman–Crippen LogP) is 11.2. The number of H-pyrrole nitrogens is 1. The zero-order valence-corrected chi connectivity index (χ0v) is 45.0. The van der Waals surface area contributed by atoms with Gasteiger partial charge in [0.15, 0.2) is 11.9 Å². The first-order valence-corrected chi connectivity index (χ1v) is 26.9. The van der Waals surface area contributed by atoms with Gasteiger partial charge in [0.1, 0.15) is 47.6 Å². The number of hydrogen-bond donors (Lipinski definition) is 3. The smallest absolute Gasteiger partial charge is 0.411 e. The Hall–Kier alpha value is -5.81. The number of fused-ring (bicyclic) bond motifs is 1. The van der Waals surface area contributed by atoms with Crippen LogP contribution in [0.2, 0.25) is 16.6 Å². The number of anilines is 1. The fourth-order valence-corrected chi connectivity index (χ4v) is 15.6. The fourth-order valence-electron chi connectivity index (χ4n) is 10.4. The minimum absolute atomic E-state index is 0.194. The lowest BCUT2D eigenvalue weighted by Crippen LogP contribution is -2.52. The number of esters is 1. The van der Waals surface area contributed by atoms with Crippen molar-refractivity contribution >= 4 is 43.3 Å². The quantitative estimate of drug-likeness (QED) is 0.0248. The van der Waals surface area contributed by atoms with Crippen LogP contribution in [0.15, 0.2) is 104 Å². The molecule has 0 saturated carbocycles. The van der Waals surface area contributed by atoms with Gasteiger partial charge in [-0.05, 0) is 80.8 Å². The Kier molecular flexibility index (Phi) is 17.1.